The van der Waals surface area contributed by atoms with Crippen LogP contribution in [0.5, 0.6) is 0 Å². The van der Waals surface area contributed by atoms with Gasteiger partial charge in [-0.15, -0.1) is 11.3 Å². The molecule has 1 amide bonds. The summed E-state index contributed by atoms with van der Waals surface area (Å²) in [5, 5.41) is 14.7. The number of aromatic nitrogens is 2. The van der Waals surface area contributed by atoms with Crippen LogP contribution in [0.15, 0.2) is 23.7 Å². The van der Waals surface area contributed by atoms with Gasteiger partial charge in [0.25, 0.3) is 5.91 Å². The number of nitrogens with zero attached hydrogens (tertiary/aromatic N) is 3. The zero-order valence-corrected chi connectivity index (χ0v) is 12.1. The lowest BCUT2D eigenvalue weighted by Crippen LogP contribution is -2.26. The van der Waals surface area contributed by atoms with Crippen molar-refractivity contribution in [2.45, 2.75) is 6.54 Å². The summed E-state index contributed by atoms with van der Waals surface area (Å²) in [6.45, 7) is 0.365. The van der Waals surface area contributed by atoms with Gasteiger partial charge in [0.15, 0.2) is 0 Å². The van der Waals surface area contributed by atoms with Gasteiger partial charge in [-0.3, -0.25) is 9.48 Å². The highest BCUT2D eigenvalue weighted by atomic mass is 32.1. The van der Waals surface area contributed by atoms with Gasteiger partial charge < -0.3 is 10.0 Å². The highest BCUT2D eigenvalue weighted by molar-refractivity contribution is 7.10. The molecule has 0 unspecified atom stereocenters. The van der Waals surface area contributed by atoms with Crippen LogP contribution in [0.4, 0.5) is 0 Å². The summed E-state index contributed by atoms with van der Waals surface area (Å²) in [6, 6.07) is 3.63. The number of amides is 1. The van der Waals surface area contributed by atoms with Crippen LogP contribution in [0.3, 0.4) is 0 Å². The van der Waals surface area contributed by atoms with Crippen LogP contribution in [-0.2, 0) is 13.6 Å². The molecule has 20 heavy (non-hydrogen) atoms. The number of aryl methyl sites for hydroxylation is 1. The molecule has 2 heterocycles. The van der Waals surface area contributed by atoms with Gasteiger partial charge in [-0.1, -0.05) is 11.8 Å². The van der Waals surface area contributed by atoms with Crippen molar-refractivity contribution in [1.82, 2.24) is 14.7 Å². The van der Waals surface area contributed by atoms with E-state index < -0.39 is 0 Å². The molecule has 1 N–H and O–H groups in total. The molecule has 104 valence electrons. The van der Waals surface area contributed by atoms with Crippen molar-refractivity contribution in [3.63, 3.8) is 0 Å². The molecular weight excluding hydrogens is 274 g/mol. The number of thiophene rings is 1. The minimum Gasteiger partial charge on any atom is -0.384 e. The molecular formula is C14H15N3O2S. The maximum Gasteiger partial charge on any atom is 0.274 e. The lowest BCUT2D eigenvalue weighted by Gasteiger charge is -2.14. The van der Waals surface area contributed by atoms with Gasteiger partial charge >= 0.3 is 0 Å². The lowest BCUT2D eigenvalue weighted by atomic mass is 10.3. The maximum atomic E-state index is 12.1. The monoisotopic (exact) mass is 289 g/mol. The van der Waals surface area contributed by atoms with Crippen LogP contribution in [0.1, 0.15) is 20.9 Å². The molecule has 2 aromatic rings. The van der Waals surface area contributed by atoms with Crippen molar-refractivity contribution in [3.05, 3.63) is 39.8 Å². The fourth-order valence-electron chi connectivity index (χ4n) is 1.70. The van der Waals surface area contributed by atoms with Gasteiger partial charge in [0.2, 0.25) is 0 Å². The van der Waals surface area contributed by atoms with Crippen LogP contribution < -0.4 is 0 Å². The smallest absolute Gasteiger partial charge is 0.274 e. The number of aliphatic hydroxyl groups is 1. The van der Waals surface area contributed by atoms with Gasteiger partial charge in [0, 0.05) is 36.1 Å². The summed E-state index contributed by atoms with van der Waals surface area (Å²) in [6.07, 6.45) is 1.74. The fraction of sp³-hybridized carbons (Fsp3) is 0.286. The number of hydrogen-bond acceptors (Lipinski definition) is 4. The maximum absolute atomic E-state index is 12.1. The molecule has 0 aliphatic carbocycles. The van der Waals surface area contributed by atoms with E-state index in [0.717, 1.165) is 10.4 Å². The number of rotatable bonds is 3. The summed E-state index contributed by atoms with van der Waals surface area (Å²) < 4.78 is 1.61. The Morgan fingerprint density at radius 1 is 1.60 bits per heavy atom. The van der Waals surface area contributed by atoms with Crippen molar-refractivity contribution < 1.29 is 9.90 Å². The van der Waals surface area contributed by atoms with E-state index in [9.17, 15) is 4.79 Å². The number of hydrogen-bond donors (Lipinski definition) is 1. The molecule has 0 saturated heterocycles. The predicted molar refractivity (Wildman–Crippen MR) is 77.3 cm³/mol. The van der Waals surface area contributed by atoms with Gasteiger partial charge in [0.05, 0.1) is 6.54 Å². The summed E-state index contributed by atoms with van der Waals surface area (Å²) in [5.74, 6) is 5.34. The van der Waals surface area contributed by atoms with Crippen LogP contribution >= 0.6 is 11.3 Å². The van der Waals surface area contributed by atoms with Crippen molar-refractivity contribution >= 4 is 17.2 Å². The van der Waals surface area contributed by atoms with Gasteiger partial charge in [-0.2, -0.15) is 5.10 Å². The SMILES string of the molecule is CN(Cc1cc(C#CCO)cs1)C(=O)c1ccn(C)n1. The molecule has 0 aromatic carbocycles. The van der Waals surface area contributed by atoms with E-state index in [-0.39, 0.29) is 12.5 Å². The number of carbonyl (C=O) groups is 1. The third-order valence-corrected chi connectivity index (χ3v) is 3.56. The first-order valence-electron chi connectivity index (χ1n) is 6.02. The average molecular weight is 289 g/mol. The first kappa shape index (κ1) is 14.3. The molecule has 0 atom stereocenters. The van der Waals surface area contributed by atoms with Crippen LogP contribution in [0, 0.1) is 11.8 Å². The summed E-state index contributed by atoms with van der Waals surface area (Å²) >= 11 is 1.54. The molecule has 2 rings (SSSR count). The Kier molecular flexibility index (Phi) is 4.56. The van der Waals surface area contributed by atoms with Crippen molar-refractivity contribution in [2.75, 3.05) is 13.7 Å². The van der Waals surface area contributed by atoms with Crippen molar-refractivity contribution in [2.24, 2.45) is 7.05 Å². The van der Waals surface area contributed by atoms with Crippen molar-refractivity contribution in [3.8, 4) is 11.8 Å². The Balaban J connectivity index is 2.02. The molecule has 6 heteroatoms. The van der Waals surface area contributed by atoms with E-state index in [0.29, 0.717) is 12.2 Å². The second-order valence-electron chi connectivity index (χ2n) is 4.30. The standard InChI is InChI=1S/C14H15N3O2S/c1-16(14(19)13-5-6-17(2)15-13)9-12-8-11(10-20-12)4-3-7-18/h5-6,8,10,18H,7,9H2,1-2H3. The first-order chi connectivity index (χ1) is 9.60. The Labute approximate surface area is 121 Å². The molecule has 0 saturated carbocycles. The molecule has 0 spiro atoms. The van der Waals surface area contributed by atoms with E-state index in [4.69, 9.17) is 5.11 Å². The zero-order chi connectivity index (χ0) is 14.5. The first-order valence-corrected chi connectivity index (χ1v) is 6.90. The van der Waals surface area contributed by atoms with E-state index >= 15 is 0 Å². The third kappa shape index (κ3) is 3.47. The quantitative estimate of drug-likeness (QED) is 0.861. The van der Waals surface area contributed by atoms with E-state index in [1.807, 2.05) is 11.4 Å². The van der Waals surface area contributed by atoms with E-state index in [1.54, 1.807) is 47.3 Å². The molecule has 0 fully saturated rings. The Morgan fingerprint density at radius 2 is 2.40 bits per heavy atom. The zero-order valence-electron chi connectivity index (χ0n) is 11.3. The molecule has 0 aliphatic rings. The molecule has 0 bridgehead atoms. The molecule has 2 aromatic heterocycles. The van der Waals surface area contributed by atoms with E-state index in [1.165, 1.54) is 0 Å². The largest absolute Gasteiger partial charge is 0.384 e. The van der Waals surface area contributed by atoms with E-state index in [2.05, 4.69) is 16.9 Å². The lowest BCUT2D eigenvalue weighted by molar-refractivity contribution is 0.0780. The van der Waals surface area contributed by atoms with Gasteiger partial charge in [0.1, 0.15) is 12.3 Å². The van der Waals surface area contributed by atoms with Gasteiger partial charge in [-0.05, 0) is 12.1 Å². The highest BCUT2D eigenvalue weighted by Gasteiger charge is 2.15. The molecule has 5 nitrogen and oxygen atoms in total. The molecule has 0 radical (unpaired) electrons. The summed E-state index contributed by atoms with van der Waals surface area (Å²) in [4.78, 5) is 14.8. The predicted octanol–water partition coefficient (Wildman–Crippen LogP) is 1.10. The minimum atomic E-state index is -0.150. The Hall–Kier alpha value is -2.10. The molecule has 0 aliphatic heterocycles. The Bertz CT molecular complexity index is 663. The van der Waals surface area contributed by atoms with Crippen LogP contribution in [0.2, 0.25) is 0 Å². The number of aliphatic hydroxyl groups excluding tert-OH is 1. The topological polar surface area (TPSA) is 58.4 Å². The van der Waals surface area contributed by atoms with Crippen LogP contribution in [0.25, 0.3) is 0 Å². The van der Waals surface area contributed by atoms with Gasteiger partial charge in [-0.25, -0.2) is 0 Å². The minimum absolute atomic E-state index is 0.109. The highest BCUT2D eigenvalue weighted by Crippen LogP contribution is 2.16. The van der Waals surface area contributed by atoms with Crippen molar-refractivity contribution in [1.29, 1.82) is 0 Å². The summed E-state index contributed by atoms with van der Waals surface area (Å²) in [5.41, 5.74) is 1.30. The number of carbonyl (C=O) groups excluding carboxylic acids is 1. The Morgan fingerprint density at radius 3 is 3.05 bits per heavy atom. The second-order valence-corrected chi connectivity index (χ2v) is 5.29. The average Bonchev–Trinajstić information content (AvgIpc) is 3.04. The second kappa shape index (κ2) is 6.37. The third-order valence-electron chi connectivity index (χ3n) is 2.64. The van der Waals surface area contributed by atoms with Crippen LogP contribution in [-0.4, -0.2) is 39.3 Å². The summed E-state index contributed by atoms with van der Waals surface area (Å²) in [7, 11) is 3.53. The normalized spacial score (nSPS) is 9.95. The fourth-order valence-corrected chi connectivity index (χ4v) is 2.57.